The van der Waals surface area contributed by atoms with E-state index in [1.54, 1.807) is 24.1 Å². The fourth-order valence-electron chi connectivity index (χ4n) is 3.63. The largest absolute Gasteiger partial charge is 0.513 e. The van der Waals surface area contributed by atoms with Crippen LogP contribution in [-0.4, -0.2) is 38.9 Å². The van der Waals surface area contributed by atoms with Crippen molar-refractivity contribution >= 4 is 33.7 Å². The molecule has 1 aliphatic heterocycles. The van der Waals surface area contributed by atoms with Crippen LogP contribution in [0.3, 0.4) is 0 Å². The molecule has 0 saturated carbocycles. The summed E-state index contributed by atoms with van der Waals surface area (Å²) in [6.07, 6.45) is 1.34. The van der Waals surface area contributed by atoms with Crippen molar-refractivity contribution in [3.63, 3.8) is 0 Å². The highest BCUT2D eigenvalue weighted by atomic mass is 79.9. The van der Waals surface area contributed by atoms with Crippen LogP contribution in [0.15, 0.2) is 34.8 Å². The van der Waals surface area contributed by atoms with Gasteiger partial charge in [0.25, 0.3) is 0 Å². The minimum atomic E-state index is -0.790. The van der Waals surface area contributed by atoms with Crippen molar-refractivity contribution in [2.75, 3.05) is 25.7 Å². The van der Waals surface area contributed by atoms with Crippen LogP contribution in [0.25, 0.3) is 0 Å². The van der Waals surface area contributed by atoms with E-state index in [2.05, 4.69) is 20.7 Å². The maximum atomic E-state index is 13.2. The standard InChI is InChI=1S/C22H25BrN2O5/c1-13-9-16(30-22(27)29-3)11-18(23)17(13)12-19(24)21(26)25-8-4-5-14-10-15(28-2)6-7-20(14)25/h6-7,9-11,19H,4-5,8,12,24H2,1-3H3. The number of hydrogen-bond acceptors (Lipinski definition) is 6. The Labute approximate surface area is 184 Å². The number of anilines is 1. The number of fused-ring (bicyclic) bond motifs is 1. The van der Waals surface area contributed by atoms with Gasteiger partial charge in [0.15, 0.2) is 0 Å². The molecular formula is C22H25BrN2O5. The van der Waals surface area contributed by atoms with Gasteiger partial charge in [0, 0.05) is 16.7 Å². The molecule has 0 bridgehead atoms. The van der Waals surface area contributed by atoms with Gasteiger partial charge in [-0.1, -0.05) is 15.9 Å². The third-order valence-electron chi connectivity index (χ3n) is 5.17. The summed E-state index contributed by atoms with van der Waals surface area (Å²) in [6, 6.07) is 8.42. The summed E-state index contributed by atoms with van der Waals surface area (Å²) in [7, 11) is 2.88. The zero-order valence-corrected chi connectivity index (χ0v) is 18.8. The monoisotopic (exact) mass is 476 g/mol. The number of ether oxygens (including phenoxy) is 3. The molecule has 1 amide bonds. The quantitative estimate of drug-likeness (QED) is 0.521. The highest BCUT2D eigenvalue weighted by Crippen LogP contribution is 2.32. The number of hydrogen-bond donors (Lipinski definition) is 1. The van der Waals surface area contributed by atoms with Gasteiger partial charge in [-0.05, 0) is 73.2 Å². The third-order valence-corrected chi connectivity index (χ3v) is 5.88. The molecule has 3 rings (SSSR count). The van der Waals surface area contributed by atoms with Crippen LogP contribution in [-0.2, 0) is 22.4 Å². The number of rotatable bonds is 5. The molecule has 2 aromatic rings. The Hall–Kier alpha value is -2.58. The number of amides is 1. The first-order valence-electron chi connectivity index (χ1n) is 9.62. The van der Waals surface area contributed by atoms with Gasteiger partial charge in [-0.3, -0.25) is 4.79 Å². The minimum Gasteiger partial charge on any atom is -0.497 e. The summed E-state index contributed by atoms with van der Waals surface area (Å²) < 4.78 is 15.6. The number of nitrogens with two attached hydrogens (primary N) is 1. The fraction of sp³-hybridized carbons (Fsp3) is 0.364. The normalized spacial score (nSPS) is 14.0. The van der Waals surface area contributed by atoms with Crippen molar-refractivity contribution < 1.29 is 23.8 Å². The Morgan fingerprint density at radius 3 is 2.63 bits per heavy atom. The smallest absolute Gasteiger partial charge is 0.497 e. The van der Waals surface area contributed by atoms with Crippen LogP contribution < -0.4 is 20.1 Å². The molecule has 0 saturated heterocycles. The lowest BCUT2D eigenvalue weighted by Gasteiger charge is -2.32. The molecule has 2 N–H and O–H groups in total. The second-order valence-corrected chi connectivity index (χ2v) is 8.01. The Balaban J connectivity index is 1.78. The maximum absolute atomic E-state index is 13.2. The summed E-state index contributed by atoms with van der Waals surface area (Å²) >= 11 is 3.50. The van der Waals surface area contributed by atoms with Gasteiger partial charge in [-0.15, -0.1) is 0 Å². The average molecular weight is 477 g/mol. The van der Waals surface area contributed by atoms with Gasteiger partial charge < -0.3 is 24.8 Å². The Morgan fingerprint density at radius 2 is 1.97 bits per heavy atom. The maximum Gasteiger partial charge on any atom is 0.513 e. The van der Waals surface area contributed by atoms with Crippen LogP contribution in [0, 0.1) is 6.92 Å². The van der Waals surface area contributed by atoms with Crippen LogP contribution in [0.5, 0.6) is 11.5 Å². The number of nitrogens with zero attached hydrogens (tertiary/aromatic N) is 1. The van der Waals surface area contributed by atoms with Gasteiger partial charge in [-0.2, -0.15) is 0 Å². The van der Waals surface area contributed by atoms with Crippen molar-refractivity contribution in [1.29, 1.82) is 0 Å². The molecule has 1 aliphatic rings. The summed E-state index contributed by atoms with van der Waals surface area (Å²) in [6.45, 7) is 2.52. The third kappa shape index (κ3) is 4.76. The molecule has 1 atom stereocenters. The molecule has 0 aliphatic carbocycles. The SMILES string of the molecule is COC(=O)Oc1cc(C)c(CC(N)C(=O)N2CCCc3cc(OC)ccc32)c(Br)c1. The molecule has 2 aromatic carbocycles. The molecule has 30 heavy (non-hydrogen) atoms. The fourth-order valence-corrected chi connectivity index (χ4v) is 4.33. The predicted octanol–water partition coefficient (Wildman–Crippen LogP) is 3.76. The van der Waals surface area contributed by atoms with Crippen LogP contribution in [0.2, 0.25) is 0 Å². The predicted molar refractivity (Wildman–Crippen MR) is 117 cm³/mol. The molecule has 1 unspecified atom stereocenters. The van der Waals surface area contributed by atoms with Gasteiger partial charge in [0.05, 0.1) is 20.3 Å². The van der Waals surface area contributed by atoms with E-state index in [9.17, 15) is 9.59 Å². The minimum absolute atomic E-state index is 0.123. The number of benzene rings is 2. The van der Waals surface area contributed by atoms with Gasteiger partial charge in [0.2, 0.25) is 5.91 Å². The molecular weight excluding hydrogens is 452 g/mol. The van der Waals surface area contributed by atoms with E-state index in [0.29, 0.717) is 23.2 Å². The average Bonchev–Trinajstić information content (AvgIpc) is 2.74. The number of halogens is 1. The Morgan fingerprint density at radius 1 is 1.20 bits per heavy atom. The van der Waals surface area contributed by atoms with Crippen LogP contribution in [0.4, 0.5) is 10.5 Å². The number of carbonyl (C=O) groups excluding carboxylic acids is 2. The topological polar surface area (TPSA) is 91.1 Å². The lowest BCUT2D eigenvalue weighted by atomic mass is 9.97. The van der Waals surface area contributed by atoms with E-state index in [1.807, 2.05) is 25.1 Å². The summed E-state index contributed by atoms with van der Waals surface area (Å²) in [5, 5.41) is 0. The Kier molecular flexibility index (Phi) is 6.99. The first-order valence-corrected chi connectivity index (χ1v) is 10.4. The highest BCUT2D eigenvalue weighted by Gasteiger charge is 2.28. The number of aryl methyl sites for hydroxylation is 2. The summed E-state index contributed by atoms with van der Waals surface area (Å²) in [5.74, 6) is 1.01. The molecule has 160 valence electrons. The van der Waals surface area contributed by atoms with Crippen molar-refractivity contribution in [3.8, 4) is 11.5 Å². The zero-order valence-electron chi connectivity index (χ0n) is 17.2. The second kappa shape index (κ2) is 9.49. The molecule has 0 radical (unpaired) electrons. The first kappa shape index (κ1) is 22.1. The zero-order chi connectivity index (χ0) is 21.8. The molecule has 0 spiro atoms. The lowest BCUT2D eigenvalue weighted by molar-refractivity contribution is -0.119. The van der Waals surface area contributed by atoms with Crippen molar-refractivity contribution in [2.45, 2.75) is 32.2 Å². The highest BCUT2D eigenvalue weighted by molar-refractivity contribution is 9.10. The number of methoxy groups -OCH3 is 2. The van der Waals surface area contributed by atoms with E-state index in [1.165, 1.54) is 7.11 Å². The first-order chi connectivity index (χ1) is 14.3. The lowest BCUT2D eigenvalue weighted by Crippen LogP contribution is -2.47. The van der Waals surface area contributed by atoms with E-state index in [-0.39, 0.29) is 5.91 Å². The van der Waals surface area contributed by atoms with E-state index in [0.717, 1.165) is 41.0 Å². The van der Waals surface area contributed by atoms with Gasteiger partial charge in [-0.25, -0.2) is 4.79 Å². The molecule has 0 fully saturated rings. The van der Waals surface area contributed by atoms with E-state index < -0.39 is 12.2 Å². The van der Waals surface area contributed by atoms with Crippen molar-refractivity contribution in [1.82, 2.24) is 0 Å². The number of carbonyl (C=O) groups is 2. The molecule has 8 heteroatoms. The molecule has 7 nitrogen and oxygen atoms in total. The van der Waals surface area contributed by atoms with Gasteiger partial charge >= 0.3 is 6.16 Å². The van der Waals surface area contributed by atoms with Crippen molar-refractivity contribution in [3.05, 3.63) is 51.5 Å². The molecule has 0 aromatic heterocycles. The van der Waals surface area contributed by atoms with Crippen molar-refractivity contribution in [2.24, 2.45) is 5.73 Å². The Bertz CT molecular complexity index is 940. The van der Waals surface area contributed by atoms with Crippen LogP contribution >= 0.6 is 15.9 Å². The van der Waals surface area contributed by atoms with Gasteiger partial charge in [0.1, 0.15) is 11.5 Å². The summed E-state index contributed by atoms with van der Waals surface area (Å²) in [5.41, 5.74) is 10.0. The van der Waals surface area contributed by atoms with E-state index >= 15 is 0 Å². The summed E-state index contributed by atoms with van der Waals surface area (Å²) in [4.78, 5) is 26.3. The molecule has 1 heterocycles. The van der Waals surface area contributed by atoms with E-state index in [4.69, 9.17) is 15.2 Å². The van der Waals surface area contributed by atoms with Crippen LogP contribution in [0.1, 0.15) is 23.1 Å². The second-order valence-electron chi connectivity index (χ2n) is 7.16.